The molecule has 3 rings (SSSR count). The lowest BCUT2D eigenvalue weighted by Crippen LogP contribution is -2.10. The second-order valence-corrected chi connectivity index (χ2v) is 5.16. The van der Waals surface area contributed by atoms with Crippen molar-refractivity contribution in [3.8, 4) is 5.82 Å². The maximum atomic E-state index is 12.2. The second-order valence-electron chi connectivity index (χ2n) is 5.16. The average molecular weight is 321 g/mol. The molecule has 0 aliphatic heterocycles. The van der Waals surface area contributed by atoms with E-state index in [-0.39, 0.29) is 18.1 Å². The Kier molecular flexibility index (Phi) is 4.47. The highest BCUT2D eigenvalue weighted by Gasteiger charge is 2.11. The topological polar surface area (TPSA) is 74.1 Å². The number of carbonyl (C=O) groups excluding carboxylic acids is 2. The number of Topliss-reactive ketones (excluding diaryl/α,β-unsaturated/α-hetero) is 1. The van der Waals surface area contributed by atoms with Gasteiger partial charge in [0.05, 0.1) is 0 Å². The van der Waals surface area contributed by atoms with E-state index in [1.165, 1.54) is 6.92 Å². The minimum absolute atomic E-state index is 0.0308. The number of pyridine rings is 1. The van der Waals surface area contributed by atoms with Gasteiger partial charge in [0.25, 0.3) is 0 Å². The van der Waals surface area contributed by atoms with Gasteiger partial charge in [-0.1, -0.05) is 24.3 Å². The van der Waals surface area contributed by atoms with E-state index < -0.39 is 5.97 Å². The van der Waals surface area contributed by atoms with Crippen LogP contribution in [0.15, 0.2) is 60.9 Å². The van der Waals surface area contributed by atoms with Gasteiger partial charge in [-0.15, -0.1) is 0 Å². The fourth-order valence-corrected chi connectivity index (χ4v) is 2.17. The first kappa shape index (κ1) is 15.6. The van der Waals surface area contributed by atoms with Crippen LogP contribution in [0.25, 0.3) is 5.82 Å². The van der Waals surface area contributed by atoms with Crippen LogP contribution in [0.4, 0.5) is 0 Å². The van der Waals surface area contributed by atoms with Crippen LogP contribution in [0, 0.1) is 0 Å². The Morgan fingerprint density at radius 3 is 2.71 bits per heavy atom. The number of carbonyl (C=O) groups is 2. The van der Waals surface area contributed by atoms with Crippen LogP contribution in [0.1, 0.15) is 33.3 Å². The maximum absolute atomic E-state index is 12.2. The Balaban J connectivity index is 1.70. The first-order valence-electron chi connectivity index (χ1n) is 7.37. The van der Waals surface area contributed by atoms with Gasteiger partial charge in [0, 0.05) is 18.0 Å². The molecule has 0 saturated heterocycles. The molecule has 0 atom stereocenters. The third kappa shape index (κ3) is 3.55. The second kappa shape index (κ2) is 6.87. The quantitative estimate of drug-likeness (QED) is 0.533. The highest BCUT2D eigenvalue weighted by molar-refractivity contribution is 5.94. The third-order valence-electron chi connectivity index (χ3n) is 3.39. The summed E-state index contributed by atoms with van der Waals surface area (Å²) in [5.41, 5.74) is 1.53. The third-order valence-corrected chi connectivity index (χ3v) is 3.39. The summed E-state index contributed by atoms with van der Waals surface area (Å²) in [5.74, 6) is -0.0259. The van der Waals surface area contributed by atoms with E-state index in [0.29, 0.717) is 11.4 Å². The first-order chi connectivity index (χ1) is 11.6. The molecule has 2 heterocycles. The molecule has 0 spiro atoms. The molecule has 0 amide bonds. The molecule has 2 aromatic heterocycles. The van der Waals surface area contributed by atoms with E-state index in [1.54, 1.807) is 65.6 Å². The van der Waals surface area contributed by atoms with Crippen LogP contribution in [0.5, 0.6) is 0 Å². The molecule has 1 aromatic carbocycles. The summed E-state index contributed by atoms with van der Waals surface area (Å²) < 4.78 is 6.84. The lowest BCUT2D eigenvalue weighted by molar-refractivity contribution is 0.0465. The summed E-state index contributed by atoms with van der Waals surface area (Å²) >= 11 is 0. The SMILES string of the molecule is CC(=O)c1cccc(COC(=O)c2cccc(-n3cccn3)n2)c1. The molecule has 0 saturated carbocycles. The van der Waals surface area contributed by atoms with Crippen LogP contribution in [-0.2, 0) is 11.3 Å². The van der Waals surface area contributed by atoms with Crippen molar-refractivity contribution < 1.29 is 14.3 Å². The molecule has 0 N–H and O–H groups in total. The summed E-state index contributed by atoms with van der Waals surface area (Å²) in [6.07, 6.45) is 3.37. The van der Waals surface area contributed by atoms with Gasteiger partial charge in [0.2, 0.25) is 0 Å². The molecule has 0 unspecified atom stereocenters. The van der Waals surface area contributed by atoms with Crippen molar-refractivity contribution >= 4 is 11.8 Å². The van der Waals surface area contributed by atoms with Crippen molar-refractivity contribution in [2.45, 2.75) is 13.5 Å². The number of ether oxygens (including phenoxy) is 1. The molecule has 120 valence electrons. The van der Waals surface area contributed by atoms with Gasteiger partial charge >= 0.3 is 5.97 Å². The average Bonchev–Trinajstić information content (AvgIpc) is 3.15. The molecule has 0 fully saturated rings. The van der Waals surface area contributed by atoms with Crippen LogP contribution in [0.3, 0.4) is 0 Å². The highest BCUT2D eigenvalue weighted by Crippen LogP contribution is 2.10. The van der Waals surface area contributed by atoms with Crippen LogP contribution >= 0.6 is 0 Å². The largest absolute Gasteiger partial charge is 0.456 e. The maximum Gasteiger partial charge on any atom is 0.357 e. The van der Waals surface area contributed by atoms with Crippen molar-refractivity contribution in [3.63, 3.8) is 0 Å². The van der Waals surface area contributed by atoms with E-state index in [4.69, 9.17) is 4.74 Å². The molecule has 6 nitrogen and oxygen atoms in total. The van der Waals surface area contributed by atoms with Gasteiger partial charge < -0.3 is 4.74 Å². The highest BCUT2D eigenvalue weighted by atomic mass is 16.5. The molecule has 0 radical (unpaired) electrons. The number of hydrogen-bond donors (Lipinski definition) is 0. The van der Waals surface area contributed by atoms with E-state index in [2.05, 4.69) is 10.1 Å². The Morgan fingerprint density at radius 2 is 1.96 bits per heavy atom. The van der Waals surface area contributed by atoms with Crippen LogP contribution in [0.2, 0.25) is 0 Å². The number of hydrogen-bond acceptors (Lipinski definition) is 5. The summed E-state index contributed by atoms with van der Waals surface area (Å²) in [6.45, 7) is 1.57. The first-order valence-corrected chi connectivity index (χ1v) is 7.37. The van der Waals surface area contributed by atoms with E-state index in [0.717, 1.165) is 5.56 Å². The summed E-state index contributed by atoms with van der Waals surface area (Å²) in [4.78, 5) is 27.8. The van der Waals surface area contributed by atoms with E-state index >= 15 is 0 Å². The minimum atomic E-state index is -0.530. The Morgan fingerprint density at radius 1 is 1.12 bits per heavy atom. The predicted octanol–water partition coefficient (Wildman–Crippen LogP) is 2.83. The molecule has 0 aliphatic rings. The zero-order chi connectivity index (χ0) is 16.9. The number of aromatic nitrogens is 3. The molecule has 3 aromatic rings. The number of ketones is 1. The zero-order valence-corrected chi connectivity index (χ0v) is 13.0. The van der Waals surface area contributed by atoms with Gasteiger partial charge in [-0.05, 0) is 36.8 Å². The normalized spacial score (nSPS) is 10.4. The standard InChI is InChI=1S/C18H15N3O3/c1-13(22)15-6-2-5-14(11-15)12-24-18(23)16-7-3-8-17(20-16)21-10-4-9-19-21/h2-11H,12H2,1H3. The molecule has 6 heteroatoms. The fraction of sp³-hybridized carbons (Fsp3) is 0.111. The fourth-order valence-electron chi connectivity index (χ4n) is 2.17. The minimum Gasteiger partial charge on any atom is -0.456 e. The summed E-state index contributed by atoms with van der Waals surface area (Å²) in [6, 6.07) is 13.8. The summed E-state index contributed by atoms with van der Waals surface area (Å²) in [5, 5.41) is 4.08. The number of nitrogens with zero attached hydrogens (tertiary/aromatic N) is 3. The lowest BCUT2D eigenvalue weighted by atomic mass is 10.1. The van der Waals surface area contributed by atoms with Crippen molar-refractivity contribution in [1.29, 1.82) is 0 Å². The van der Waals surface area contributed by atoms with Crippen molar-refractivity contribution in [2.75, 3.05) is 0 Å². The smallest absolute Gasteiger partial charge is 0.357 e. The zero-order valence-electron chi connectivity index (χ0n) is 13.0. The van der Waals surface area contributed by atoms with Gasteiger partial charge in [-0.25, -0.2) is 14.5 Å². The van der Waals surface area contributed by atoms with Gasteiger partial charge in [0.15, 0.2) is 17.3 Å². The van der Waals surface area contributed by atoms with Crippen LogP contribution in [-0.4, -0.2) is 26.5 Å². The number of esters is 1. The van der Waals surface area contributed by atoms with Crippen molar-refractivity contribution in [3.05, 3.63) is 77.7 Å². The van der Waals surface area contributed by atoms with Gasteiger partial charge in [-0.2, -0.15) is 5.10 Å². The van der Waals surface area contributed by atoms with E-state index in [1.807, 2.05) is 0 Å². The van der Waals surface area contributed by atoms with E-state index in [9.17, 15) is 9.59 Å². The molecule has 0 aliphatic carbocycles. The van der Waals surface area contributed by atoms with Gasteiger partial charge in [-0.3, -0.25) is 4.79 Å². The molecular weight excluding hydrogens is 306 g/mol. The number of rotatable bonds is 5. The lowest BCUT2D eigenvalue weighted by Gasteiger charge is -2.07. The summed E-state index contributed by atoms with van der Waals surface area (Å²) in [7, 11) is 0. The van der Waals surface area contributed by atoms with Crippen molar-refractivity contribution in [1.82, 2.24) is 14.8 Å². The number of benzene rings is 1. The van der Waals surface area contributed by atoms with Crippen LogP contribution < -0.4 is 0 Å². The molecular formula is C18H15N3O3. The molecule has 0 bridgehead atoms. The predicted molar refractivity (Wildman–Crippen MR) is 86.9 cm³/mol. The Labute approximate surface area is 138 Å². The van der Waals surface area contributed by atoms with Gasteiger partial charge in [0.1, 0.15) is 6.61 Å². The Hall–Kier alpha value is -3.28. The Bertz CT molecular complexity index is 873. The molecule has 24 heavy (non-hydrogen) atoms. The van der Waals surface area contributed by atoms with Crippen molar-refractivity contribution in [2.24, 2.45) is 0 Å². The monoisotopic (exact) mass is 321 g/mol.